The number of ether oxygens (including phenoxy) is 1. The summed E-state index contributed by atoms with van der Waals surface area (Å²) in [6.45, 7) is 7.69. The molecular formula is C19H32O. The van der Waals surface area contributed by atoms with Gasteiger partial charge in [-0.15, -0.1) is 0 Å². The number of allylic oxidation sites excluding steroid dienone is 1. The summed E-state index contributed by atoms with van der Waals surface area (Å²) in [7, 11) is 1.76. The van der Waals surface area contributed by atoms with E-state index < -0.39 is 0 Å². The Morgan fingerprint density at radius 3 is 2.45 bits per heavy atom. The molecule has 0 aliphatic heterocycles. The highest BCUT2D eigenvalue weighted by Crippen LogP contribution is 2.71. The largest absolute Gasteiger partial charge is 0.505 e. The van der Waals surface area contributed by atoms with Crippen molar-refractivity contribution in [1.29, 1.82) is 0 Å². The smallest absolute Gasteiger partial charge is 0.0784 e. The molecular weight excluding hydrogens is 244 g/mol. The SMILES string of the molecule is COC=CC[C@H]1C2(CC[C@H]3C(C)(C)CCC[C@@]31C)CC2. The molecule has 0 aromatic heterocycles. The first-order valence-corrected chi connectivity index (χ1v) is 8.62. The summed E-state index contributed by atoms with van der Waals surface area (Å²) < 4.78 is 5.15. The molecule has 0 saturated heterocycles. The second-order valence-corrected chi connectivity index (χ2v) is 8.70. The lowest BCUT2D eigenvalue weighted by molar-refractivity contribution is -0.104. The lowest BCUT2D eigenvalue weighted by Crippen LogP contribution is -2.52. The minimum atomic E-state index is 0.548. The molecule has 1 heteroatoms. The molecule has 3 atom stereocenters. The first kappa shape index (κ1) is 14.5. The Labute approximate surface area is 125 Å². The first-order chi connectivity index (χ1) is 9.45. The predicted octanol–water partition coefficient (Wildman–Crippen LogP) is 5.56. The molecule has 0 unspecified atom stereocenters. The van der Waals surface area contributed by atoms with Gasteiger partial charge < -0.3 is 4.74 Å². The summed E-state index contributed by atoms with van der Waals surface area (Å²) in [5.41, 5.74) is 1.82. The van der Waals surface area contributed by atoms with Crippen LogP contribution in [-0.4, -0.2) is 7.11 Å². The van der Waals surface area contributed by atoms with Crippen LogP contribution in [-0.2, 0) is 4.74 Å². The molecule has 0 amide bonds. The van der Waals surface area contributed by atoms with Gasteiger partial charge >= 0.3 is 0 Å². The molecule has 114 valence electrons. The first-order valence-electron chi connectivity index (χ1n) is 8.62. The molecule has 3 saturated carbocycles. The molecule has 0 radical (unpaired) electrons. The van der Waals surface area contributed by atoms with E-state index in [1.54, 1.807) is 7.11 Å². The lowest BCUT2D eigenvalue weighted by Gasteiger charge is -2.60. The zero-order valence-electron chi connectivity index (χ0n) is 13.9. The van der Waals surface area contributed by atoms with Crippen molar-refractivity contribution in [1.82, 2.24) is 0 Å². The average Bonchev–Trinajstić information content (AvgIpc) is 3.12. The normalized spacial score (nSPS) is 41.6. The van der Waals surface area contributed by atoms with Crippen LogP contribution in [0.5, 0.6) is 0 Å². The van der Waals surface area contributed by atoms with Gasteiger partial charge in [0.15, 0.2) is 0 Å². The highest BCUT2D eigenvalue weighted by atomic mass is 16.5. The van der Waals surface area contributed by atoms with Gasteiger partial charge in [0.1, 0.15) is 0 Å². The number of rotatable bonds is 3. The third-order valence-corrected chi connectivity index (χ3v) is 7.24. The second kappa shape index (κ2) is 4.78. The van der Waals surface area contributed by atoms with Gasteiger partial charge in [-0.1, -0.05) is 27.2 Å². The Balaban J connectivity index is 1.88. The van der Waals surface area contributed by atoms with Crippen molar-refractivity contribution >= 4 is 0 Å². The maximum Gasteiger partial charge on any atom is 0.0784 e. The van der Waals surface area contributed by atoms with Crippen LogP contribution >= 0.6 is 0 Å². The van der Waals surface area contributed by atoms with E-state index >= 15 is 0 Å². The van der Waals surface area contributed by atoms with Crippen LogP contribution in [0.4, 0.5) is 0 Å². The third kappa shape index (κ3) is 2.12. The Morgan fingerprint density at radius 2 is 1.80 bits per heavy atom. The number of hydrogen-bond acceptors (Lipinski definition) is 1. The zero-order chi connectivity index (χ0) is 14.4. The molecule has 0 aromatic rings. The van der Waals surface area contributed by atoms with E-state index in [4.69, 9.17) is 4.74 Å². The Hall–Kier alpha value is -0.460. The maximum atomic E-state index is 5.15. The molecule has 0 heterocycles. The summed E-state index contributed by atoms with van der Waals surface area (Å²) in [6, 6.07) is 0. The summed E-state index contributed by atoms with van der Waals surface area (Å²) in [6.07, 6.45) is 15.7. The number of methoxy groups -OCH3 is 1. The molecule has 3 rings (SSSR count). The van der Waals surface area contributed by atoms with Gasteiger partial charge in [-0.25, -0.2) is 0 Å². The molecule has 0 bridgehead atoms. The van der Waals surface area contributed by atoms with E-state index in [2.05, 4.69) is 26.8 Å². The zero-order valence-corrected chi connectivity index (χ0v) is 13.9. The van der Waals surface area contributed by atoms with E-state index in [1.807, 2.05) is 6.26 Å². The fourth-order valence-corrected chi connectivity index (χ4v) is 6.18. The second-order valence-electron chi connectivity index (χ2n) is 8.70. The molecule has 3 aliphatic rings. The van der Waals surface area contributed by atoms with E-state index in [-0.39, 0.29) is 0 Å². The van der Waals surface area contributed by atoms with E-state index in [1.165, 1.54) is 51.4 Å². The fourth-order valence-electron chi connectivity index (χ4n) is 6.18. The van der Waals surface area contributed by atoms with Gasteiger partial charge in [0.05, 0.1) is 13.4 Å². The summed E-state index contributed by atoms with van der Waals surface area (Å²) in [4.78, 5) is 0. The standard InChI is InChI=1S/C19H32O/c1-17(2)9-6-10-18(3)15(17)8-11-19(12-13-19)16(18)7-5-14-20-4/h5,14-16H,6-13H2,1-4H3/t15-,16+,18-/m0/s1. The van der Waals surface area contributed by atoms with Crippen LogP contribution in [0.1, 0.15) is 72.1 Å². The summed E-state index contributed by atoms with van der Waals surface area (Å²) in [5, 5.41) is 0. The van der Waals surface area contributed by atoms with Gasteiger partial charge in [0.2, 0.25) is 0 Å². The van der Waals surface area contributed by atoms with E-state index in [0.29, 0.717) is 16.2 Å². The topological polar surface area (TPSA) is 9.23 Å². The van der Waals surface area contributed by atoms with Crippen molar-refractivity contribution in [2.24, 2.45) is 28.1 Å². The van der Waals surface area contributed by atoms with Gasteiger partial charge in [0, 0.05) is 0 Å². The van der Waals surface area contributed by atoms with Gasteiger partial charge in [0.25, 0.3) is 0 Å². The minimum absolute atomic E-state index is 0.548. The molecule has 0 N–H and O–H groups in total. The van der Waals surface area contributed by atoms with Crippen molar-refractivity contribution < 1.29 is 4.74 Å². The van der Waals surface area contributed by atoms with Gasteiger partial charge in [-0.3, -0.25) is 0 Å². The van der Waals surface area contributed by atoms with Crippen molar-refractivity contribution in [2.45, 2.75) is 72.1 Å². The molecule has 1 nitrogen and oxygen atoms in total. The van der Waals surface area contributed by atoms with Gasteiger partial charge in [-0.2, -0.15) is 0 Å². The van der Waals surface area contributed by atoms with Crippen LogP contribution in [0, 0.1) is 28.1 Å². The van der Waals surface area contributed by atoms with E-state index in [9.17, 15) is 0 Å². The van der Waals surface area contributed by atoms with Crippen LogP contribution in [0.15, 0.2) is 12.3 Å². The molecule has 1 spiro atoms. The third-order valence-electron chi connectivity index (χ3n) is 7.24. The minimum Gasteiger partial charge on any atom is -0.505 e. The van der Waals surface area contributed by atoms with Crippen LogP contribution in [0.2, 0.25) is 0 Å². The molecule has 3 fully saturated rings. The van der Waals surface area contributed by atoms with Crippen molar-refractivity contribution in [2.75, 3.05) is 7.11 Å². The predicted molar refractivity (Wildman–Crippen MR) is 84.4 cm³/mol. The number of fused-ring (bicyclic) bond motifs is 1. The van der Waals surface area contributed by atoms with Crippen LogP contribution in [0.3, 0.4) is 0 Å². The molecule has 20 heavy (non-hydrogen) atoms. The number of hydrogen-bond donors (Lipinski definition) is 0. The lowest BCUT2D eigenvalue weighted by atomic mass is 9.45. The highest BCUT2D eigenvalue weighted by Gasteiger charge is 2.62. The van der Waals surface area contributed by atoms with Crippen LogP contribution in [0.25, 0.3) is 0 Å². The average molecular weight is 276 g/mol. The Kier molecular flexibility index (Phi) is 3.46. The maximum absolute atomic E-state index is 5.15. The highest BCUT2D eigenvalue weighted by molar-refractivity contribution is 5.13. The van der Waals surface area contributed by atoms with Gasteiger partial charge in [-0.05, 0) is 79.1 Å². The fraction of sp³-hybridized carbons (Fsp3) is 0.895. The quantitative estimate of drug-likeness (QED) is 0.613. The molecule has 0 aromatic carbocycles. The molecule has 3 aliphatic carbocycles. The van der Waals surface area contributed by atoms with Crippen molar-refractivity contribution in [3.63, 3.8) is 0 Å². The summed E-state index contributed by atoms with van der Waals surface area (Å²) >= 11 is 0. The van der Waals surface area contributed by atoms with Crippen molar-refractivity contribution in [3.8, 4) is 0 Å². The summed E-state index contributed by atoms with van der Waals surface area (Å²) in [5.74, 6) is 1.82. The Bertz CT molecular complexity index is 391. The van der Waals surface area contributed by atoms with Crippen molar-refractivity contribution in [3.05, 3.63) is 12.3 Å². The monoisotopic (exact) mass is 276 g/mol. The van der Waals surface area contributed by atoms with E-state index in [0.717, 1.165) is 11.8 Å². The Morgan fingerprint density at radius 1 is 1.05 bits per heavy atom. The van der Waals surface area contributed by atoms with Crippen LogP contribution < -0.4 is 0 Å².